The standard InChI is InChI=1S/C21H32N2O2.ClH/c1-13(2)18-8-7-14(3)9-19(18)25-12-20(24)23-21-15-5-4-6-16(21)11-17(22)10-15;/h7-9,13,15-17,21H,4-6,10-12,22H2,1-3H3,(H,23,24);1H. The Kier molecular flexibility index (Phi) is 7.36. The number of amides is 1. The molecule has 2 aliphatic rings. The quantitative estimate of drug-likeness (QED) is 0.813. The molecule has 2 bridgehead atoms. The topological polar surface area (TPSA) is 64.3 Å². The monoisotopic (exact) mass is 380 g/mol. The minimum absolute atomic E-state index is 0. The minimum atomic E-state index is -0.00594. The first-order valence-corrected chi connectivity index (χ1v) is 9.72. The fourth-order valence-electron chi connectivity index (χ4n) is 4.64. The van der Waals surface area contributed by atoms with Crippen LogP contribution in [-0.4, -0.2) is 24.6 Å². The fraction of sp³-hybridized carbons (Fsp3) is 0.667. The molecule has 2 aliphatic carbocycles. The predicted octanol–water partition coefficient (Wildman–Crippen LogP) is 3.94. The minimum Gasteiger partial charge on any atom is -0.483 e. The van der Waals surface area contributed by atoms with E-state index >= 15 is 0 Å². The molecule has 0 saturated heterocycles. The zero-order valence-corrected chi connectivity index (χ0v) is 17.0. The van der Waals surface area contributed by atoms with Crippen LogP contribution in [0.1, 0.15) is 63.0 Å². The number of hydrogen-bond donors (Lipinski definition) is 2. The number of carbonyl (C=O) groups is 1. The van der Waals surface area contributed by atoms with Crippen LogP contribution in [-0.2, 0) is 4.79 Å². The lowest BCUT2D eigenvalue weighted by Crippen LogP contribution is -2.54. The summed E-state index contributed by atoms with van der Waals surface area (Å²) in [5.74, 6) is 2.27. The molecule has 2 unspecified atom stereocenters. The summed E-state index contributed by atoms with van der Waals surface area (Å²) in [5, 5.41) is 3.26. The van der Waals surface area contributed by atoms with Crippen molar-refractivity contribution >= 4 is 18.3 Å². The molecule has 0 heterocycles. The Morgan fingerprint density at radius 2 is 1.92 bits per heavy atom. The number of ether oxygens (including phenoxy) is 1. The van der Waals surface area contributed by atoms with Crippen LogP contribution in [0.25, 0.3) is 0 Å². The van der Waals surface area contributed by atoms with Gasteiger partial charge in [0, 0.05) is 12.1 Å². The molecule has 1 aromatic carbocycles. The third-order valence-corrected chi connectivity index (χ3v) is 5.85. The van der Waals surface area contributed by atoms with E-state index in [1.807, 2.05) is 13.0 Å². The molecule has 2 atom stereocenters. The smallest absolute Gasteiger partial charge is 0.258 e. The van der Waals surface area contributed by atoms with Crippen molar-refractivity contribution in [2.75, 3.05) is 6.61 Å². The van der Waals surface area contributed by atoms with Gasteiger partial charge in [-0.3, -0.25) is 4.79 Å². The Balaban J connectivity index is 0.00000243. The highest BCUT2D eigenvalue weighted by molar-refractivity contribution is 5.85. The third kappa shape index (κ3) is 4.92. The Morgan fingerprint density at radius 1 is 1.27 bits per heavy atom. The van der Waals surface area contributed by atoms with Gasteiger partial charge in [-0.2, -0.15) is 0 Å². The van der Waals surface area contributed by atoms with E-state index in [1.54, 1.807) is 0 Å². The second-order valence-electron chi connectivity index (χ2n) is 8.26. The SMILES string of the molecule is Cc1ccc(C(C)C)c(OCC(=O)NC2C3CCCC2CC(N)C3)c1.Cl. The number of rotatable bonds is 5. The summed E-state index contributed by atoms with van der Waals surface area (Å²) in [7, 11) is 0. The van der Waals surface area contributed by atoms with E-state index in [1.165, 1.54) is 19.3 Å². The molecular weight excluding hydrogens is 348 g/mol. The molecule has 1 amide bonds. The molecule has 3 rings (SSSR count). The van der Waals surface area contributed by atoms with Gasteiger partial charge in [-0.15, -0.1) is 12.4 Å². The highest BCUT2D eigenvalue weighted by atomic mass is 35.5. The molecule has 0 aromatic heterocycles. The number of nitrogens with one attached hydrogen (secondary N) is 1. The Labute approximate surface area is 163 Å². The van der Waals surface area contributed by atoms with Gasteiger partial charge >= 0.3 is 0 Å². The van der Waals surface area contributed by atoms with Gasteiger partial charge in [0.25, 0.3) is 5.91 Å². The molecule has 5 heteroatoms. The molecule has 1 aromatic rings. The van der Waals surface area contributed by atoms with Gasteiger partial charge in [-0.1, -0.05) is 32.4 Å². The number of benzene rings is 1. The molecule has 0 radical (unpaired) electrons. The van der Waals surface area contributed by atoms with Gasteiger partial charge in [-0.05, 0) is 67.6 Å². The van der Waals surface area contributed by atoms with Crippen LogP contribution < -0.4 is 15.8 Å². The summed E-state index contributed by atoms with van der Waals surface area (Å²) >= 11 is 0. The van der Waals surface area contributed by atoms with Crippen molar-refractivity contribution in [3.8, 4) is 5.75 Å². The van der Waals surface area contributed by atoms with E-state index < -0.39 is 0 Å². The lowest BCUT2D eigenvalue weighted by molar-refractivity contribution is -0.125. The summed E-state index contributed by atoms with van der Waals surface area (Å²) < 4.78 is 5.89. The predicted molar refractivity (Wildman–Crippen MR) is 108 cm³/mol. The van der Waals surface area contributed by atoms with Crippen LogP contribution in [0.3, 0.4) is 0 Å². The second kappa shape index (κ2) is 9.09. The second-order valence-corrected chi connectivity index (χ2v) is 8.26. The zero-order valence-electron chi connectivity index (χ0n) is 16.2. The van der Waals surface area contributed by atoms with E-state index in [2.05, 4.69) is 31.3 Å². The Morgan fingerprint density at radius 3 is 2.54 bits per heavy atom. The highest BCUT2D eigenvalue weighted by Crippen LogP contribution is 2.39. The van der Waals surface area contributed by atoms with Crippen LogP contribution in [0.2, 0.25) is 0 Å². The largest absolute Gasteiger partial charge is 0.483 e. The summed E-state index contributed by atoms with van der Waals surface area (Å²) in [5.41, 5.74) is 8.47. The fourth-order valence-corrected chi connectivity index (χ4v) is 4.64. The first-order valence-electron chi connectivity index (χ1n) is 9.72. The van der Waals surface area contributed by atoms with Crippen molar-refractivity contribution < 1.29 is 9.53 Å². The molecule has 26 heavy (non-hydrogen) atoms. The third-order valence-electron chi connectivity index (χ3n) is 5.85. The van der Waals surface area contributed by atoms with E-state index in [0.29, 0.717) is 23.8 Å². The van der Waals surface area contributed by atoms with Crippen LogP contribution >= 0.6 is 12.4 Å². The molecular formula is C21H33ClN2O2. The molecule has 2 fully saturated rings. The Hall–Kier alpha value is -1.26. The van der Waals surface area contributed by atoms with Gasteiger partial charge in [0.1, 0.15) is 5.75 Å². The maximum atomic E-state index is 12.5. The molecule has 0 spiro atoms. The molecule has 2 saturated carbocycles. The molecule has 146 valence electrons. The van der Waals surface area contributed by atoms with Crippen molar-refractivity contribution in [1.29, 1.82) is 0 Å². The van der Waals surface area contributed by atoms with Crippen molar-refractivity contribution in [1.82, 2.24) is 5.32 Å². The van der Waals surface area contributed by atoms with Crippen molar-refractivity contribution in [3.05, 3.63) is 29.3 Å². The number of nitrogens with two attached hydrogens (primary N) is 1. The number of carbonyl (C=O) groups excluding carboxylic acids is 1. The number of aryl methyl sites for hydroxylation is 1. The van der Waals surface area contributed by atoms with Gasteiger partial charge in [-0.25, -0.2) is 0 Å². The maximum Gasteiger partial charge on any atom is 0.258 e. The maximum absolute atomic E-state index is 12.5. The highest BCUT2D eigenvalue weighted by Gasteiger charge is 2.39. The van der Waals surface area contributed by atoms with Gasteiger partial charge in [0.05, 0.1) is 0 Å². The van der Waals surface area contributed by atoms with Gasteiger partial charge in [0.2, 0.25) is 0 Å². The van der Waals surface area contributed by atoms with E-state index in [9.17, 15) is 4.79 Å². The van der Waals surface area contributed by atoms with E-state index in [-0.39, 0.29) is 31.0 Å². The molecule has 3 N–H and O–H groups in total. The van der Waals surface area contributed by atoms with Gasteiger partial charge in [0.15, 0.2) is 6.61 Å². The van der Waals surface area contributed by atoms with Crippen molar-refractivity contribution in [2.24, 2.45) is 17.6 Å². The summed E-state index contributed by atoms with van der Waals surface area (Å²) in [4.78, 5) is 12.5. The summed E-state index contributed by atoms with van der Waals surface area (Å²) in [6, 6.07) is 6.80. The molecule has 0 aliphatic heterocycles. The van der Waals surface area contributed by atoms with Crippen LogP contribution in [0.5, 0.6) is 5.75 Å². The Bertz CT molecular complexity index is 606. The summed E-state index contributed by atoms with van der Waals surface area (Å²) in [6.07, 6.45) is 5.72. The number of fused-ring (bicyclic) bond motifs is 2. The first kappa shape index (κ1) is 21.0. The lowest BCUT2D eigenvalue weighted by Gasteiger charge is -2.45. The normalized spacial score (nSPS) is 27.6. The van der Waals surface area contributed by atoms with Crippen molar-refractivity contribution in [2.45, 2.75) is 70.9 Å². The average molecular weight is 381 g/mol. The lowest BCUT2D eigenvalue weighted by atomic mass is 9.67. The van der Waals surface area contributed by atoms with E-state index in [0.717, 1.165) is 29.7 Å². The van der Waals surface area contributed by atoms with E-state index in [4.69, 9.17) is 10.5 Å². The van der Waals surface area contributed by atoms with Crippen LogP contribution in [0.4, 0.5) is 0 Å². The van der Waals surface area contributed by atoms with Gasteiger partial charge < -0.3 is 15.8 Å². The number of hydrogen-bond acceptors (Lipinski definition) is 3. The zero-order chi connectivity index (χ0) is 18.0. The van der Waals surface area contributed by atoms with Crippen molar-refractivity contribution in [3.63, 3.8) is 0 Å². The average Bonchev–Trinajstić information content (AvgIpc) is 2.53. The van der Waals surface area contributed by atoms with Crippen LogP contribution in [0.15, 0.2) is 18.2 Å². The summed E-state index contributed by atoms with van der Waals surface area (Å²) in [6.45, 7) is 6.42. The van der Waals surface area contributed by atoms with Crippen LogP contribution in [0, 0.1) is 18.8 Å². The molecule has 4 nitrogen and oxygen atoms in total. The number of halogens is 1. The first-order chi connectivity index (χ1) is 11.9.